The van der Waals surface area contributed by atoms with Crippen molar-refractivity contribution in [1.82, 2.24) is 5.32 Å². The van der Waals surface area contributed by atoms with Gasteiger partial charge in [-0.1, -0.05) is 27.2 Å². The third-order valence-electron chi connectivity index (χ3n) is 2.79. The van der Waals surface area contributed by atoms with Crippen LogP contribution < -0.4 is 5.32 Å². The van der Waals surface area contributed by atoms with Gasteiger partial charge in [0.2, 0.25) is 0 Å². The van der Waals surface area contributed by atoms with Gasteiger partial charge >= 0.3 is 0 Å². The van der Waals surface area contributed by atoms with Crippen LogP contribution in [0.2, 0.25) is 0 Å². The molecule has 0 bridgehead atoms. The lowest BCUT2D eigenvalue weighted by Gasteiger charge is -2.20. The zero-order valence-corrected chi connectivity index (χ0v) is 10.5. The molecule has 0 aromatic rings. The van der Waals surface area contributed by atoms with Crippen molar-refractivity contribution in [3.63, 3.8) is 0 Å². The van der Waals surface area contributed by atoms with Crippen molar-refractivity contribution in [1.29, 1.82) is 0 Å². The molecule has 0 aromatic heterocycles. The third-order valence-corrected chi connectivity index (χ3v) is 2.79. The van der Waals surface area contributed by atoms with Gasteiger partial charge in [-0.15, -0.1) is 0 Å². The van der Waals surface area contributed by atoms with Crippen molar-refractivity contribution in [2.75, 3.05) is 26.4 Å². The Morgan fingerprint density at radius 3 is 2.47 bits per heavy atom. The second kappa shape index (κ2) is 10.4. The quantitative estimate of drug-likeness (QED) is 0.548. The zero-order valence-electron chi connectivity index (χ0n) is 10.5. The topological polar surface area (TPSA) is 41.5 Å². The lowest BCUT2D eigenvalue weighted by atomic mass is 9.98. The summed E-state index contributed by atoms with van der Waals surface area (Å²) in [6, 6.07) is 0.609. The second-order valence-electron chi connectivity index (χ2n) is 4.14. The molecule has 92 valence electrons. The van der Waals surface area contributed by atoms with E-state index in [4.69, 9.17) is 9.84 Å². The smallest absolute Gasteiger partial charge is 0.0698 e. The van der Waals surface area contributed by atoms with Crippen LogP contribution in [-0.4, -0.2) is 37.5 Å². The minimum absolute atomic E-state index is 0.115. The summed E-state index contributed by atoms with van der Waals surface area (Å²) in [5.74, 6) is 0.792. The van der Waals surface area contributed by atoms with E-state index in [0.29, 0.717) is 19.3 Å². The second-order valence-corrected chi connectivity index (χ2v) is 4.14. The van der Waals surface area contributed by atoms with Crippen LogP contribution in [-0.2, 0) is 4.74 Å². The van der Waals surface area contributed by atoms with Crippen LogP contribution in [0.4, 0.5) is 0 Å². The molecule has 0 amide bonds. The standard InChI is InChI=1S/C12H27NO2/c1-4-11(3)10-12(5-2)13-6-8-15-9-7-14/h11-14H,4-10H2,1-3H3/t11-,12+/m0/s1. The Labute approximate surface area is 94.2 Å². The fraction of sp³-hybridized carbons (Fsp3) is 1.00. The van der Waals surface area contributed by atoms with Gasteiger partial charge in [0.15, 0.2) is 0 Å². The molecule has 0 saturated heterocycles. The monoisotopic (exact) mass is 217 g/mol. The SMILES string of the molecule is CC[C@H](C)C[C@@H](CC)NCCOCCO. The van der Waals surface area contributed by atoms with Crippen LogP contribution >= 0.6 is 0 Å². The Balaban J connectivity index is 3.44. The summed E-state index contributed by atoms with van der Waals surface area (Å²) < 4.78 is 5.20. The van der Waals surface area contributed by atoms with Crippen LogP contribution in [0, 0.1) is 5.92 Å². The number of aliphatic hydroxyl groups excluding tert-OH is 1. The van der Waals surface area contributed by atoms with Gasteiger partial charge in [-0.2, -0.15) is 0 Å². The molecule has 0 heterocycles. The minimum atomic E-state index is 0.115. The van der Waals surface area contributed by atoms with Crippen molar-refractivity contribution in [2.24, 2.45) is 5.92 Å². The molecular formula is C12H27NO2. The molecule has 3 nitrogen and oxygen atoms in total. The van der Waals surface area contributed by atoms with Crippen LogP contribution in [0.5, 0.6) is 0 Å². The first-order valence-electron chi connectivity index (χ1n) is 6.16. The van der Waals surface area contributed by atoms with Gasteiger partial charge in [-0.3, -0.25) is 0 Å². The molecule has 2 atom stereocenters. The van der Waals surface area contributed by atoms with E-state index in [1.807, 2.05) is 0 Å². The van der Waals surface area contributed by atoms with E-state index in [0.717, 1.165) is 12.5 Å². The molecule has 0 aromatic carbocycles. The Bertz CT molecular complexity index is 131. The summed E-state index contributed by atoms with van der Waals surface area (Å²) in [6.07, 6.45) is 3.66. The van der Waals surface area contributed by atoms with Gasteiger partial charge in [-0.05, 0) is 18.8 Å². The average molecular weight is 217 g/mol. The van der Waals surface area contributed by atoms with Gasteiger partial charge in [0.25, 0.3) is 0 Å². The van der Waals surface area contributed by atoms with Crippen molar-refractivity contribution in [2.45, 2.75) is 46.1 Å². The number of ether oxygens (including phenoxy) is 1. The highest BCUT2D eigenvalue weighted by Crippen LogP contribution is 2.11. The molecule has 0 rings (SSSR count). The normalized spacial score (nSPS) is 15.2. The molecule has 0 aliphatic heterocycles. The molecule has 0 radical (unpaired) electrons. The fourth-order valence-electron chi connectivity index (χ4n) is 1.55. The maximum atomic E-state index is 8.53. The maximum absolute atomic E-state index is 8.53. The summed E-state index contributed by atoms with van der Waals surface area (Å²) in [6.45, 7) is 8.89. The van der Waals surface area contributed by atoms with Crippen molar-refractivity contribution < 1.29 is 9.84 Å². The molecule has 2 N–H and O–H groups in total. The Morgan fingerprint density at radius 2 is 1.93 bits per heavy atom. The highest BCUT2D eigenvalue weighted by molar-refractivity contribution is 4.67. The van der Waals surface area contributed by atoms with E-state index >= 15 is 0 Å². The number of nitrogens with one attached hydrogen (secondary N) is 1. The average Bonchev–Trinajstić information content (AvgIpc) is 2.26. The van der Waals surface area contributed by atoms with Gasteiger partial charge in [-0.25, -0.2) is 0 Å². The Kier molecular flexibility index (Phi) is 10.3. The van der Waals surface area contributed by atoms with Gasteiger partial charge in [0.05, 0.1) is 19.8 Å². The highest BCUT2D eigenvalue weighted by atomic mass is 16.5. The maximum Gasteiger partial charge on any atom is 0.0698 e. The van der Waals surface area contributed by atoms with E-state index in [9.17, 15) is 0 Å². The van der Waals surface area contributed by atoms with Crippen LogP contribution in [0.1, 0.15) is 40.0 Å². The summed E-state index contributed by atoms with van der Waals surface area (Å²) in [5, 5.41) is 12.0. The fourth-order valence-corrected chi connectivity index (χ4v) is 1.55. The van der Waals surface area contributed by atoms with Crippen molar-refractivity contribution >= 4 is 0 Å². The summed E-state index contributed by atoms with van der Waals surface area (Å²) in [5.41, 5.74) is 0. The first-order valence-corrected chi connectivity index (χ1v) is 6.16. The van der Waals surface area contributed by atoms with E-state index in [-0.39, 0.29) is 6.61 Å². The van der Waals surface area contributed by atoms with Gasteiger partial charge in [0, 0.05) is 12.6 Å². The van der Waals surface area contributed by atoms with Crippen molar-refractivity contribution in [3.8, 4) is 0 Å². The molecular weight excluding hydrogens is 190 g/mol. The highest BCUT2D eigenvalue weighted by Gasteiger charge is 2.08. The minimum Gasteiger partial charge on any atom is -0.394 e. The lowest BCUT2D eigenvalue weighted by Crippen LogP contribution is -2.33. The van der Waals surface area contributed by atoms with Crippen LogP contribution in [0.25, 0.3) is 0 Å². The van der Waals surface area contributed by atoms with Crippen LogP contribution in [0.3, 0.4) is 0 Å². The molecule has 0 fully saturated rings. The number of rotatable bonds is 10. The number of hydrogen-bond donors (Lipinski definition) is 2. The molecule has 0 saturated carbocycles. The number of aliphatic hydroxyl groups is 1. The van der Waals surface area contributed by atoms with Gasteiger partial charge in [0.1, 0.15) is 0 Å². The van der Waals surface area contributed by atoms with E-state index in [1.54, 1.807) is 0 Å². The molecule has 0 aliphatic rings. The molecule has 0 spiro atoms. The van der Waals surface area contributed by atoms with E-state index < -0.39 is 0 Å². The van der Waals surface area contributed by atoms with E-state index in [2.05, 4.69) is 26.1 Å². The first kappa shape index (κ1) is 14.9. The lowest BCUT2D eigenvalue weighted by molar-refractivity contribution is 0.0920. The molecule has 15 heavy (non-hydrogen) atoms. The molecule has 0 unspecified atom stereocenters. The summed E-state index contributed by atoms with van der Waals surface area (Å²) in [4.78, 5) is 0. The molecule has 0 aliphatic carbocycles. The van der Waals surface area contributed by atoms with Gasteiger partial charge < -0.3 is 15.2 Å². The summed E-state index contributed by atoms with van der Waals surface area (Å²) in [7, 11) is 0. The van der Waals surface area contributed by atoms with Crippen LogP contribution in [0.15, 0.2) is 0 Å². The Hall–Kier alpha value is -0.120. The van der Waals surface area contributed by atoms with Crippen molar-refractivity contribution in [3.05, 3.63) is 0 Å². The predicted molar refractivity (Wildman–Crippen MR) is 64.1 cm³/mol. The largest absolute Gasteiger partial charge is 0.394 e. The molecule has 3 heteroatoms. The Morgan fingerprint density at radius 1 is 1.20 bits per heavy atom. The summed E-state index contributed by atoms with van der Waals surface area (Å²) >= 11 is 0. The first-order chi connectivity index (χ1) is 7.24. The number of hydrogen-bond acceptors (Lipinski definition) is 3. The van der Waals surface area contributed by atoms with E-state index in [1.165, 1.54) is 19.3 Å². The predicted octanol–water partition coefficient (Wildman–Crippen LogP) is 1.80. The third kappa shape index (κ3) is 8.85. The zero-order chi connectivity index (χ0) is 11.5.